The molecule has 15 nitrogen and oxygen atoms in total. The maximum atomic E-state index is 14.1. The van der Waals surface area contributed by atoms with Crippen molar-refractivity contribution in [2.45, 2.75) is 126 Å². The molecule has 366 valence electrons. The number of benzene rings is 3. The molecule has 5 fully saturated rings. The van der Waals surface area contributed by atoms with Crippen molar-refractivity contribution in [1.82, 2.24) is 24.5 Å². The number of rotatable bonds is 14. The molecule has 3 aromatic carbocycles. The molecule has 2 aliphatic heterocycles. The molecule has 1 unspecified atom stereocenters. The molecule has 5 aromatic rings. The van der Waals surface area contributed by atoms with Gasteiger partial charge in [0.2, 0.25) is 0 Å². The van der Waals surface area contributed by atoms with Crippen LogP contribution in [0, 0.1) is 21.4 Å². The number of sulfonamides is 1. The van der Waals surface area contributed by atoms with Crippen molar-refractivity contribution < 1.29 is 28.0 Å². The highest BCUT2D eigenvalue weighted by Crippen LogP contribution is 2.54. The summed E-state index contributed by atoms with van der Waals surface area (Å²) in [6.07, 6.45) is 14.6. The van der Waals surface area contributed by atoms with E-state index in [-0.39, 0.29) is 28.3 Å². The van der Waals surface area contributed by atoms with E-state index in [2.05, 4.69) is 72.8 Å². The number of piperazine rings is 1. The maximum Gasteiger partial charge on any atom is 0.293 e. The average Bonchev–Trinajstić information content (AvgIpc) is 3.78. The van der Waals surface area contributed by atoms with E-state index in [0.29, 0.717) is 48.8 Å². The van der Waals surface area contributed by atoms with E-state index >= 15 is 0 Å². The van der Waals surface area contributed by atoms with Crippen LogP contribution in [0.1, 0.15) is 125 Å². The fraction of sp³-hybridized carbons (Fsp3) is 0.509. The summed E-state index contributed by atoms with van der Waals surface area (Å²) in [6.45, 7) is 11.9. The van der Waals surface area contributed by atoms with Crippen molar-refractivity contribution in [3.05, 3.63) is 112 Å². The molecule has 0 bridgehead atoms. The number of nitrogens with zero attached hydrogens (tertiary/aromatic N) is 5. The number of nitro groups is 1. The zero-order valence-electron chi connectivity index (χ0n) is 40.0. The second-order valence-corrected chi connectivity index (χ2v) is 22.9. The third-order valence-electron chi connectivity index (χ3n) is 16.3. The monoisotopic (exact) mass is 958 g/mol. The molecule has 69 heavy (non-hydrogen) atoms. The first-order chi connectivity index (χ1) is 33.1. The highest BCUT2D eigenvalue weighted by atomic mass is 32.2. The zero-order valence-corrected chi connectivity index (χ0v) is 40.8. The molecular formula is C53H66N8O7S. The second-order valence-electron chi connectivity index (χ2n) is 21.2. The Morgan fingerprint density at radius 3 is 2.45 bits per heavy atom. The number of hydrogen-bond donors (Lipinski definition) is 4. The number of anilines is 2. The number of pyridine rings is 1. The summed E-state index contributed by atoms with van der Waals surface area (Å²) < 4.78 is 36.2. The fourth-order valence-electron chi connectivity index (χ4n) is 11.8. The van der Waals surface area contributed by atoms with Crippen LogP contribution in [0.5, 0.6) is 11.5 Å². The number of fused-ring (bicyclic) bond motifs is 1. The summed E-state index contributed by atoms with van der Waals surface area (Å²) in [6, 6.07) is 23.2. The van der Waals surface area contributed by atoms with Gasteiger partial charge in [-0.25, -0.2) is 18.1 Å². The number of carbonyl (C=O) groups excluding carboxylic acids is 1. The number of hydrogen-bond acceptors (Lipinski definition) is 12. The summed E-state index contributed by atoms with van der Waals surface area (Å²) >= 11 is 0. The Kier molecular flexibility index (Phi) is 13.0. The lowest BCUT2D eigenvalue weighted by Gasteiger charge is -2.59. The molecule has 4 heterocycles. The largest absolute Gasteiger partial charge is 0.455 e. The number of aromatic nitrogens is 2. The van der Waals surface area contributed by atoms with Gasteiger partial charge in [-0.3, -0.25) is 24.7 Å². The van der Waals surface area contributed by atoms with E-state index in [1.165, 1.54) is 55.4 Å². The first-order valence-electron chi connectivity index (χ1n) is 25.0. The Morgan fingerprint density at radius 1 is 0.957 bits per heavy atom. The number of aliphatic hydroxyl groups is 1. The number of aromatic amines is 1. The van der Waals surface area contributed by atoms with E-state index in [0.717, 1.165) is 81.6 Å². The molecule has 16 heteroatoms. The molecule has 1 spiro atoms. The van der Waals surface area contributed by atoms with Gasteiger partial charge in [0.15, 0.2) is 0 Å². The summed E-state index contributed by atoms with van der Waals surface area (Å²) in [4.78, 5) is 40.7. The minimum Gasteiger partial charge on any atom is -0.455 e. The van der Waals surface area contributed by atoms with E-state index in [4.69, 9.17) is 4.74 Å². The molecule has 10 rings (SSSR count). The first kappa shape index (κ1) is 47.1. The van der Waals surface area contributed by atoms with E-state index < -0.39 is 37.0 Å². The normalized spacial score (nSPS) is 23.7. The van der Waals surface area contributed by atoms with Gasteiger partial charge in [0.1, 0.15) is 22.8 Å². The fourth-order valence-corrected chi connectivity index (χ4v) is 12.8. The molecule has 3 aliphatic carbocycles. The van der Waals surface area contributed by atoms with Gasteiger partial charge in [-0.15, -0.1) is 0 Å². The minimum absolute atomic E-state index is 0.0166. The van der Waals surface area contributed by atoms with Gasteiger partial charge < -0.3 is 25.0 Å². The molecule has 2 saturated heterocycles. The Labute approximate surface area is 405 Å². The summed E-state index contributed by atoms with van der Waals surface area (Å²) in [7, 11) is -4.57. The molecule has 5 aliphatic rings. The minimum atomic E-state index is -4.57. The number of amides is 1. The molecule has 3 saturated carbocycles. The standard InChI is InChI=1S/C53H66N8O7S/c1-35(2)43-9-4-5-10-44(43)48-34-59(38-7-6-8-38)25-26-60(48)40-30-53(31-40)20-23-58(24-21-53)39-11-13-45(49(28-39)68-41-27-37-17-22-54-50(37)56-33-41)51(62)57-69(66,67)42-12-14-46(47(29-42)61(64)65)55-32-36-15-18-52(3,63)19-16-36/h4-5,9-14,17,22,27-29,33,35-36,38,40,48,55,63H,6-8,15-16,18-21,23-26,30-32,34H2,1-3H3,(H,54,56)(H,57,62). The Balaban J connectivity index is 0.836. The van der Waals surface area contributed by atoms with Crippen LogP contribution in [0.15, 0.2) is 90.1 Å². The molecular weight excluding hydrogens is 893 g/mol. The van der Waals surface area contributed by atoms with Crippen LogP contribution < -0.4 is 19.7 Å². The average molecular weight is 959 g/mol. The van der Waals surface area contributed by atoms with Crippen molar-refractivity contribution in [2.24, 2.45) is 11.3 Å². The van der Waals surface area contributed by atoms with E-state index in [9.17, 15) is 28.4 Å². The van der Waals surface area contributed by atoms with Crippen LogP contribution in [0.25, 0.3) is 11.0 Å². The number of H-pyrrole nitrogens is 1. The van der Waals surface area contributed by atoms with Crippen LogP contribution in [0.2, 0.25) is 0 Å². The zero-order chi connectivity index (χ0) is 48.1. The van der Waals surface area contributed by atoms with E-state index in [1.54, 1.807) is 30.6 Å². The van der Waals surface area contributed by atoms with Gasteiger partial charge in [-0.05, 0) is 136 Å². The summed E-state index contributed by atoms with van der Waals surface area (Å²) in [5, 5.41) is 26.5. The van der Waals surface area contributed by atoms with Gasteiger partial charge in [-0.1, -0.05) is 44.5 Å². The highest BCUT2D eigenvalue weighted by molar-refractivity contribution is 7.90. The SMILES string of the molecule is CC(C)c1ccccc1C1CN(C2CCC2)CCN1C1CC2(CCN(c3ccc(C(=O)NS(=O)(=O)c4ccc(NCC5CCC(C)(O)CC5)c([N+](=O)[O-])c4)c(Oc4cnc5[nH]ccc5c4)c3)CC2)C1. The Hall–Kier alpha value is -5.55. The summed E-state index contributed by atoms with van der Waals surface area (Å²) in [5.74, 6) is 0.264. The first-order valence-corrected chi connectivity index (χ1v) is 26.5. The highest BCUT2D eigenvalue weighted by Gasteiger charge is 2.50. The van der Waals surface area contributed by atoms with E-state index in [1.807, 2.05) is 19.1 Å². The van der Waals surface area contributed by atoms with Crippen molar-refractivity contribution in [1.29, 1.82) is 0 Å². The predicted molar refractivity (Wildman–Crippen MR) is 268 cm³/mol. The van der Waals surface area contributed by atoms with Crippen LogP contribution in [0.3, 0.4) is 0 Å². The Morgan fingerprint density at radius 2 is 1.72 bits per heavy atom. The van der Waals surface area contributed by atoms with Crippen LogP contribution in [0.4, 0.5) is 17.1 Å². The predicted octanol–water partition coefficient (Wildman–Crippen LogP) is 9.52. The van der Waals surface area contributed by atoms with Gasteiger partial charge in [0.25, 0.3) is 21.6 Å². The van der Waals surface area contributed by atoms with Crippen LogP contribution in [-0.4, -0.2) is 101 Å². The summed E-state index contributed by atoms with van der Waals surface area (Å²) in [5.41, 5.74) is 3.81. The lowest BCUT2D eigenvalue weighted by atomic mass is 9.59. The van der Waals surface area contributed by atoms with Crippen LogP contribution >= 0.6 is 0 Å². The molecule has 0 radical (unpaired) electrons. The number of piperidine rings is 1. The van der Waals surface area contributed by atoms with Gasteiger partial charge in [0, 0.05) is 86.8 Å². The molecule has 2 aromatic heterocycles. The van der Waals surface area contributed by atoms with Gasteiger partial charge >= 0.3 is 0 Å². The second kappa shape index (κ2) is 19.0. The van der Waals surface area contributed by atoms with Crippen molar-refractivity contribution in [3.63, 3.8) is 0 Å². The topological polar surface area (TPSA) is 186 Å². The molecule has 1 amide bonds. The van der Waals surface area contributed by atoms with Crippen molar-refractivity contribution in [3.8, 4) is 11.5 Å². The number of ether oxygens (including phenoxy) is 1. The lowest BCUT2D eigenvalue weighted by molar-refractivity contribution is -0.384. The number of nitro benzene ring substituents is 1. The Bertz CT molecular complexity index is 2800. The van der Waals surface area contributed by atoms with Gasteiger partial charge in [-0.2, -0.15) is 0 Å². The third kappa shape index (κ3) is 9.95. The third-order valence-corrected chi connectivity index (χ3v) is 17.6. The quantitative estimate of drug-likeness (QED) is 0.0611. The smallest absolute Gasteiger partial charge is 0.293 e. The maximum absolute atomic E-state index is 14.1. The number of carbonyl (C=O) groups is 1. The number of nitrogens with one attached hydrogen (secondary N) is 3. The van der Waals surface area contributed by atoms with Crippen molar-refractivity contribution in [2.75, 3.05) is 49.5 Å². The van der Waals surface area contributed by atoms with Crippen molar-refractivity contribution >= 4 is 44.0 Å². The molecule has 4 N–H and O–H groups in total. The van der Waals surface area contributed by atoms with Crippen LogP contribution in [-0.2, 0) is 10.0 Å². The lowest BCUT2D eigenvalue weighted by Crippen LogP contribution is -2.61. The molecule has 1 atom stereocenters. The van der Waals surface area contributed by atoms with Gasteiger partial charge in [0.05, 0.1) is 27.2 Å².